The van der Waals surface area contributed by atoms with Crippen molar-refractivity contribution in [2.24, 2.45) is 0 Å². The molecule has 0 aliphatic carbocycles. The Morgan fingerprint density at radius 2 is 1.82 bits per heavy atom. The van der Waals surface area contributed by atoms with Crippen molar-refractivity contribution in [2.45, 2.75) is 18.6 Å². The zero-order valence-corrected chi connectivity index (χ0v) is 9.32. The molecule has 4 heteroatoms. The molecule has 17 heavy (non-hydrogen) atoms. The summed E-state index contributed by atoms with van der Waals surface area (Å²) in [5.41, 5.74) is 1.20. The third-order valence-electron chi connectivity index (χ3n) is 2.71. The van der Waals surface area contributed by atoms with Crippen molar-refractivity contribution in [1.29, 1.82) is 0 Å². The zero-order chi connectivity index (χ0) is 12.3. The summed E-state index contributed by atoms with van der Waals surface area (Å²) in [4.78, 5) is 4.29. The van der Waals surface area contributed by atoms with Gasteiger partial charge in [0.1, 0.15) is 6.10 Å². The highest BCUT2D eigenvalue weighted by atomic mass is 16.3. The number of para-hydroxylation sites is 1. The van der Waals surface area contributed by atoms with Gasteiger partial charge in [-0.15, -0.1) is 0 Å². The van der Waals surface area contributed by atoms with Crippen LogP contribution in [0, 0.1) is 0 Å². The van der Waals surface area contributed by atoms with Gasteiger partial charge in [0.15, 0.2) is 0 Å². The largest absolute Gasteiger partial charge is 0.396 e. The molecule has 3 N–H and O–H groups in total. The molecule has 0 saturated carbocycles. The molecule has 2 unspecified atom stereocenters. The Labute approximate surface area is 99.2 Å². The molecule has 0 aliphatic rings. The Balaban J connectivity index is 2.29. The maximum Gasteiger partial charge on any atom is 0.122 e. The van der Waals surface area contributed by atoms with Gasteiger partial charge in [-0.25, -0.2) is 4.98 Å². The molecule has 0 fully saturated rings. The summed E-state index contributed by atoms with van der Waals surface area (Å²) in [6, 6.07) is 11.1. The third kappa shape index (κ3) is 2.61. The van der Waals surface area contributed by atoms with Crippen LogP contribution in [0.3, 0.4) is 0 Å². The minimum Gasteiger partial charge on any atom is -0.396 e. The van der Waals surface area contributed by atoms with Gasteiger partial charge in [-0.3, -0.25) is 0 Å². The second-order valence-electron chi connectivity index (χ2n) is 3.95. The standard InChI is InChI=1S/C13H15NO3/c15-8-7-12(16)13(17)11-6-5-9-3-1-2-4-10(9)14-11/h1-6,12-13,15-17H,7-8H2. The lowest BCUT2D eigenvalue weighted by atomic mass is 10.1. The Kier molecular flexibility index (Phi) is 3.68. The van der Waals surface area contributed by atoms with E-state index in [1.807, 2.05) is 30.3 Å². The van der Waals surface area contributed by atoms with Crippen molar-refractivity contribution in [3.05, 3.63) is 42.1 Å². The predicted molar refractivity (Wildman–Crippen MR) is 64.4 cm³/mol. The SMILES string of the molecule is OCCC(O)C(O)c1ccc2ccccc2n1. The fraction of sp³-hybridized carbons (Fsp3) is 0.308. The van der Waals surface area contributed by atoms with Crippen LogP contribution in [0.4, 0.5) is 0 Å². The van der Waals surface area contributed by atoms with Crippen LogP contribution < -0.4 is 0 Å². The molecule has 0 radical (unpaired) electrons. The van der Waals surface area contributed by atoms with Crippen molar-refractivity contribution in [2.75, 3.05) is 6.61 Å². The lowest BCUT2D eigenvalue weighted by Gasteiger charge is -2.16. The lowest BCUT2D eigenvalue weighted by molar-refractivity contribution is 0.00209. The molecule has 4 nitrogen and oxygen atoms in total. The summed E-state index contributed by atoms with van der Waals surface area (Å²) in [6.45, 7) is -0.161. The van der Waals surface area contributed by atoms with Crippen LogP contribution in [0.5, 0.6) is 0 Å². The number of aromatic nitrogens is 1. The van der Waals surface area contributed by atoms with E-state index >= 15 is 0 Å². The van der Waals surface area contributed by atoms with Gasteiger partial charge in [-0.1, -0.05) is 24.3 Å². The molecule has 90 valence electrons. The molecule has 2 rings (SSSR count). The van der Waals surface area contributed by atoms with Gasteiger partial charge in [0.05, 0.1) is 17.3 Å². The summed E-state index contributed by atoms with van der Waals surface area (Å²) in [5, 5.41) is 29.1. The Hall–Kier alpha value is -1.49. The second-order valence-corrected chi connectivity index (χ2v) is 3.95. The van der Waals surface area contributed by atoms with Crippen molar-refractivity contribution < 1.29 is 15.3 Å². The molecular formula is C13H15NO3. The minimum atomic E-state index is -1.06. The highest BCUT2D eigenvalue weighted by molar-refractivity contribution is 5.78. The topological polar surface area (TPSA) is 73.6 Å². The van der Waals surface area contributed by atoms with Crippen LogP contribution in [0.25, 0.3) is 10.9 Å². The smallest absolute Gasteiger partial charge is 0.122 e. The molecule has 2 aromatic rings. The first kappa shape index (κ1) is 12.0. The number of fused-ring (bicyclic) bond motifs is 1. The highest BCUT2D eigenvalue weighted by Crippen LogP contribution is 2.20. The number of hydrogen-bond donors (Lipinski definition) is 3. The number of benzene rings is 1. The molecule has 0 amide bonds. The monoisotopic (exact) mass is 233 g/mol. The fourth-order valence-electron chi connectivity index (χ4n) is 1.73. The molecule has 0 bridgehead atoms. The maximum atomic E-state index is 9.86. The molecule has 0 spiro atoms. The number of pyridine rings is 1. The third-order valence-corrected chi connectivity index (χ3v) is 2.71. The summed E-state index contributed by atoms with van der Waals surface area (Å²) < 4.78 is 0. The number of aliphatic hydroxyl groups excluding tert-OH is 3. The summed E-state index contributed by atoms with van der Waals surface area (Å²) in [5.74, 6) is 0. The van der Waals surface area contributed by atoms with Gasteiger partial charge in [0.25, 0.3) is 0 Å². The van der Waals surface area contributed by atoms with Crippen LogP contribution in [-0.2, 0) is 0 Å². The van der Waals surface area contributed by atoms with Crippen LogP contribution in [-0.4, -0.2) is 33.0 Å². The highest BCUT2D eigenvalue weighted by Gasteiger charge is 2.19. The predicted octanol–water partition coefficient (Wildman–Crippen LogP) is 1.01. The van der Waals surface area contributed by atoms with Crippen LogP contribution >= 0.6 is 0 Å². The number of nitrogens with zero attached hydrogens (tertiary/aromatic N) is 1. The zero-order valence-electron chi connectivity index (χ0n) is 9.32. The van der Waals surface area contributed by atoms with Crippen molar-refractivity contribution >= 4 is 10.9 Å². The van der Waals surface area contributed by atoms with Gasteiger partial charge < -0.3 is 15.3 Å². The van der Waals surface area contributed by atoms with E-state index in [1.54, 1.807) is 6.07 Å². The van der Waals surface area contributed by atoms with Crippen molar-refractivity contribution in [3.8, 4) is 0 Å². The molecule has 1 aromatic heterocycles. The van der Waals surface area contributed by atoms with E-state index in [2.05, 4.69) is 4.98 Å². The summed E-state index contributed by atoms with van der Waals surface area (Å²) in [6.07, 6.45) is -1.92. The molecule has 1 aromatic carbocycles. The number of rotatable bonds is 4. The van der Waals surface area contributed by atoms with Crippen LogP contribution in [0.15, 0.2) is 36.4 Å². The minimum absolute atomic E-state index is 0.135. The Morgan fingerprint density at radius 1 is 1.06 bits per heavy atom. The van der Waals surface area contributed by atoms with E-state index in [9.17, 15) is 10.2 Å². The normalized spacial score (nSPS) is 14.8. The van der Waals surface area contributed by atoms with Gasteiger partial charge in [-0.05, 0) is 18.6 Å². The first-order chi connectivity index (χ1) is 8.22. The lowest BCUT2D eigenvalue weighted by Crippen LogP contribution is -2.20. The molecule has 2 atom stereocenters. The van der Waals surface area contributed by atoms with E-state index in [0.717, 1.165) is 10.9 Å². The average molecular weight is 233 g/mol. The van der Waals surface area contributed by atoms with Gasteiger partial charge in [0.2, 0.25) is 0 Å². The molecule has 0 aliphatic heterocycles. The van der Waals surface area contributed by atoms with Crippen molar-refractivity contribution in [3.63, 3.8) is 0 Å². The summed E-state index contributed by atoms with van der Waals surface area (Å²) in [7, 11) is 0. The first-order valence-electron chi connectivity index (χ1n) is 5.55. The average Bonchev–Trinajstić information content (AvgIpc) is 2.37. The van der Waals surface area contributed by atoms with Crippen molar-refractivity contribution in [1.82, 2.24) is 4.98 Å². The Morgan fingerprint density at radius 3 is 2.59 bits per heavy atom. The van der Waals surface area contributed by atoms with E-state index in [-0.39, 0.29) is 13.0 Å². The second kappa shape index (κ2) is 5.23. The van der Waals surface area contributed by atoms with E-state index in [4.69, 9.17) is 5.11 Å². The quantitative estimate of drug-likeness (QED) is 0.737. The van der Waals surface area contributed by atoms with Crippen LogP contribution in [0.1, 0.15) is 18.2 Å². The summed E-state index contributed by atoms with van der Waals surface area (Å²) >= 11 is 0. The number of aliphatic hydroxyl groups is 3. The van der Waals surface area contributed by atoms with E-state index in [1.165, 1.54) is 0 Å². The van der Waals surface area contributed by atoms with Gasteiger partial charge >= 0.3 is 0 Å². The number of hydrogen-bond acceptors (Lipinski definition) is 4. The maximum absolute atomic E-state index is 9.86. The first-order valence-corrected chi connectivity index (χ1v) is 5.55. The van der Waals surface area contributed by atoms with Crippen LogP contribution in [0.2, 0.25) is 0 Å². The van der Waals surface area contributed by atoms with Gasteiger partial charge in [-0.2, -0.15) is 0 Å². The fourth-order valence-corrected chi connectivity index (χ4v) is 1.73. The molecular weight excluding hydrogens is 218 g/mol. The molecule has 1 heterocycles. The van der Waals surface area contributed by atoms with E-state index in [0.29, 0.717) is 5.69 Å². The Bertz CT molecular complexity index is 501. The van der Waals surface area contributed by atoms with E-state index < -0.39 is 12.2 Å². The van der Waals surface area contributed by atoms with Gasteiger partial charge in [0, 0.05) is 12.0 Å². The molecule has 0 saturated heterocycles.